The van der Waals surface area contributed by atoms with Crippen LogP contribution in [0.15, 0.2) is 12.3 Å². The molecule has 0 spiro atoms. The molecule has 0 saturated carbocycles. The van der Waals surface area contributed by atoms with Crippen molar-refractivity contribution in [3.8, 4) is 0 Å². The Morgan fingerprint density at radius 2 is 2.33 bits per heavy atom. The summed E-state index contributed by atoms with van der Waals surface area (Å²) in [5.41, 5.74) is 0.651. The second-order valence-electron chi connectivity index (χ2n) is 4.08. The summed E-state index contributed by atoms with van der Waals surface area (Å²) in [7, 11) is 3.28. The number of aliphatic hydroxyl groups is 1. The number of hydrogen-bond donors (Lipinski definition) is 1. The van der Waals surface area contributed by atoms with E-state index < -0.39 is 11.0 Å². The van der Waals surface area contributed by atoms with Crippen LogP contribution in [0.1, 0.15) is 5.56 Å². The van der Waals surface area contributed by atoms with Gasteiger partial charge in [0, 0.05) is 26.8 Å². The fourth-order valence-electron chi connectivity index (χ4n) is 1.70. The van der Waals surface area contributed by atoms with Crippen LogP contribution in [0.3, 0.4) is 0 Å². The zero-order valence-electron chi connectivity index (χ0n) is 10.7. The Hall–Kier alpha value is -1.73. The number of methoxy groups -OCH3 is 1. The molecule has 1 unspecified atom stereocenters. The zero-order valence-corrected chi connectivity index (χ0v) is 10.7. The minimum atomic E-state index is -0.628. The van der Waals surface area contributed by atoms with Gasteiger partial charge < -0.3 is 14.7 Å². The first-order chi connectivity index (χ1) is 8.45. The fraction of sp³-hybridized carbons (Fsp3) is 0.545. The lowest BCUT2D eigenvalue weighted by molar-refractivity contribution is -0.385. The molecule has 0 radical (unpaired) electrons. The molecule has 1 aromatic rings. The molecule has 1 N–H and O–H groups in total. The van der Waals surface area contributed by atoms with Gasteiger partial charge in [-0.15, -0.1) is 0 Å². The summed E-state index contributed by atoms with van der Waals surface area (Å²) < 4.78 is 4.83. The minimum absolute atomic E-state index is 0.0397. The summed E-state index contributed by atoms with van der Waals surface area (Å²) in [5, 5.41) is 20.2. The Morgan fingerprint density at radius 3 is 2.83 bits per heavy atom. The monoisotopic (exact) mass is 255 g/mol. The van der Waals surface area contributed by atoms with Crippen LogP contribution < -0.4 is 4.90 Å². The molecule has 100 valence electrons. The standard InChI is InChI=1S/C11H17N3O4/c1-8-4-9(14(16)17)5-12-11(8)13(2)6-10(15)7-18-3/h4-5,10,15H,6-7H2,1-3H3. The SMILES string of the molecule is COCC(O)CN(C)c1ncc([N+](=O)[O-])cc1C. The van der Waals surface area contributed by atoms with Gasteiger partial charge in [0.2, 0.25) is 0 Å². The van der Waals surface area contributed by atoms with Gasteiger partial charge in [-0.25, -0.2) is 4.98 Å². The molecule has 18 heavy (non-hydrogen) atoms. The summed E-state index contributed by atoms with van der Waals surface area (Å²) in [6.07, 6.45) is 0.582. The Morgan fingerprint density at radius 1 is 1.67 bits per heavy atom. The molecule has 0 saturated heterocycles. The minimum Gasteiger partial charge on any atom is -0.389 e. The van der Waals surface area contributed by atoms with Crippen molar-refractivity contribution in [1.82, 2.24) is 4.98 Å². The van der Waals surface area contributed by atoms with Crippen LogP contribution in [0.25, 0.3) is 0 Å². The number of nitro groups is 1. The topological polar surface area (TPSA) is 88.7 Å². The van der Waals surface area contributed by atoms with E-state index in [9.17, 15) is 15.2 Å². The van der Waals surface area contributed by atoms with Crippen molar-refractivity contribution < 1.29 is 14.8 Å². The van der Waals surface area contributed by atoms with Gasteiger partial charge in [0.25, 0.3) is 5.69 Å². The molecule has 1 heterocycles. The first-order valence-electron chi connectivity index (χ1n) is 5.45. The second-order valence-corrected chi connectivity index (χ2v) is 4.08. The Bertz CT molecular complexity index is 425. The maximum atomic E-state index is 10.6. The first-order valence-corrected chi connectivity index (χ1v) is 5.45. The molecular weight excluding hydrogens is 238 g/mol. The molecule has 7 heteroatoms. The zero-order chi connectivity index (χ0) is 13.7. The number of ether oxygens (including phenoxy) is 1. The number of aromatic nitrogens is 1. The third kappa shape index (κ3) is 3.64. The normalized spacial score (nSPS) is 12.2. The van der Waals surface area contributed by atoms with E-state index in [0.717, 1.165) is 0 Å². The summed E-state index contributed by atoms with van der Waals surface area (Å²) >= 11 is 0. The van der Waals surface area contributed by atoms with Crippen LogP contribution in [0.2, 0.25) is 0 Å². The fourth-order valence-corrected chi connectivity index (χ4v) is 1.70. The number of pyridine rings is 1. The van der Waals surface area contributed by atoms with E-state index in [1.807, 2.05) is 0 Å². The van der Waals surface area contributed by atoms with E-state index in [0.29, 0.717) is 17.9 Å². The molecule has 0 aromatic carbocycles. The van der Waals surface area contributed by atoms with E-state index in [-0.39, 0.29) is 12.3 Å². The average Bonchev–Trinajstić information content (AvgIpc) is 2.28. The van der Waals surface area contributed by atoms with E-state index in [4.69, 9.17) is 4.74 Å². The van der Waals surface area contributed by atoms with E-state index in [1.54, 1.807) is 18.9 Å². The van der Waals surface area contributed by atoms with E-state index >= 15 is 0 Å². The quantitative estimate of drug-likeness (QED) is 0.595. The molecular formula is C11H17N3O4. The molecule has 0 bridgehead atoms. The molecule has 0 amide bonds. The van der Waals surface area contributed by atoms with E-state index in [2.05, 4.69) is 4.98 Å². The lowest BCUT2D eigenvalue weighted by Crippen LogP contribution is -2.32. The Labute approximate surface area is 105 Å². The third-order valence-electron chi connectivity index (χ3n) is 2.45. The summed E-state index contributed by atoms with van der Waals surface area (Å²) in [5.74, 6) is 0.607. The molecule has 1 atom stereocenters. The number of likely N-dealkylation sites (N-methyl/N-ethyl adjacent to an activating group) is 1. The molecule has 0 aliphatic rings. The molecule has 1 rings (SSSR count). The van der Waals surface area contributed by atoms with Crippen LogP contribution in [-0.4, -0.2) is 48.4 Å². The predicted molar refractivity (Wildman–Crippen MR) is 66.8 cm³/mol. The van der Waals surface area contributed by atoms with Crippen LogP contribution in [0, 0.1) is 17.0 Å². The summed E-state index contributed by atoms with van der Waals surface area (Å²) in [6, 6.07) is 1.46. The van der Waals surface area contributed by atoms with Gasteiger partial charge in [0.05, 0.1) is 17.6 Å². The molecule has 0 aliphatic heterocycles. The summed E-state index contributed by atoms with van der Waals surface area (Å²) in [6.45, 7) is 2.32. The maximum absolute atomic E-state index is 10.6. The van der Waals surface area contributed by atoms with Gasteiger partial charge in [-0.1, -0.05) is 0 Å². The molecule has 0 aliphatic carbocycles. The van der Waals surface area contributed by atoms with Gasteiger partial charge in [0.1, 0.15) is 12.0 Å². The number of aliphatic hydroxyl groups excluding tert-OH is 1. The average molecular weight is 255 g/mol. The number of anilines is 1. The lowest BCUT2D eigenvalue weighted by atomic mass is 10.2. The van der Waals surface area contributed by atoms with Crippen molar-refractivity contribution in [2.75, 3.05) is 32.2 Å². The van der Waals surface area contributed by atoms with Gasteiger partial charge in [-0.2, -0.15) is 0 Å². The van der Waals surface area contributed by atoms with Crippen LogP contribution in [0.4, 0.5) is 11.5 Å². The molecule has 0 fully saturated rings. The predicted octanol–water partition coefficient (Wildman–Crippen LogP) is 0.742. The van der Waals surface area contributed by atoms with Crippen molar-refractivity contribution >= 4 is 11.5 Å². The van der Waals surface area contributed by atoms with Gasteiger partial charge >= 0.3 is 0 Å². The largest absolute Gasteiger partial charge is 0.389 e. The summed E-state index contributed by atoms with van der Waals surface area (Å²) in [4.78, 5) is 15.9. The molecule has 7 nitrogen and oxygen atoms in total. The van der Waals surface area contributed by atoms with Gasteiger partial charge in [-0.05, 0) is 12.5 Å². The van der Waals surface area contributed by atoms with Crippen molar-refractivity contribution in [2.45, 2.75) is 13.0 Å². The van der Waals surface area contributed by atoms with Crippen molar-refractivity contribution in [3.63, 3.8) is 0 Å². The first kappa shape index (κ1) is 14.3. The highest BCUT2D eigenvalue weighted by Crippen LogP contribution is 2.20. The van der Waals surface area contributed by atoms with Crippen LogP contribution >= 0.6 is 0 Å². The molecule has 1 aromatic heterocycles. The van der Waals surface area contributed by atoms with E-state index in [1.165, 1.54) is 19.4 Å². The third-order valence-corrected chi connectivity index (χ3v) is 2.45. The second kappa shape index (κ2) is 6.27. The van der Waals surface area contributed by atoms with Crippen molar-refractivity contribution in [3.05, 3.63) is 27.9 Å². The van der Waals surface area contributed by atoms with Crippen LogP contribution in [0.5, 0.6) is 0 Å². The highest BCUT2D eigenvalue weighted by Gasteiger charge is 2.14. The lowest BCUT2D eigenvalue weighted by Gasteiger charge is -2.22. The Kier molecular flexibility index (Phi) is 4.99. The van der Waals surface area contributed by atoms with Crippen molar-refractivity contribution in [2.24, 2.45) is 0 Å². The number of hydrogen-bond acceptors (Lipinski definition) is 6. The maximum Gasteiger partial charge on any atom is 0.287 e. The van der Waals surface area contributed by atoms with Gasteiger partial charge in [0.15, 0.2) is 0 Å². The van der Waals surface area contributed by atoms with Gasteiger partial charge in [-0.3, -0.25) is 10.1 Å². The Balaban J connectivity index is 2.80. The number of nitrogens with zero attached hydrogens (tertiary/aromatic N) is 3. The van der Waals surface area contributed by atoms with Crippen molar-refractivity contribution in [1.29, 1.82) is 0 Å². The smallest absolute Gasteiger partial charge is 0.287 e. The number of rotatable bonds is 6. The van der Waals surface area contributed by atoms with Crippen LogP contribution in [-0.2, 0) is 4.74 Å². The number of aryl methyl sites for hydroxylation is 1. The highest BCUT2D eigenvalue weighted by molar-refractivity contribution is 5.49. The highest BCUT2D eigenvalue weighted by atomic mass is 16.6.